The molecule has 0 aromatic carbocycles. The first-order chi connectivity index (χ1) is 6.56. The summed E-state index contributed by atoms with van der Waals surface area (Å²) >= 11 is 3.90. The van der Waals surface area contributed by atoms with Gasteiger partial charge in [-0.05, 0) is 33.2 Å². The van der Waals surface area contributed by atoms with Crippen LogP contribution in [0.5, 0.6) is 0 Å². The molecule has 0 radical (unpaired) electrons. The van der Waals surface area contributed by atoms with E-state index in [2.05, 4.69) is 17.9 Å². The highest BCUT2D eigenvalue weighted by Gasteiger charge is 2.33. The van der Waals surface area contributed by atoms with Crippen LogP contribution in [0, 0.1) is 5.92 Å². The number of thiol groups is 1. The van der Waals surface area contributed by atoms with Crippen molar-refractivity contribution in [2.45, 2.75) is 32.3 Å². The largest absolute Gasteiger partial charge is 0.459 e. The van der Waals surface area contributed by atoms with E-state index in [9.17, 15) is 4.79 Å². The Labute approximate surface area is 91.0 Å². The molecule has 0 aromatic heterocycles. The number of nitrogens with one attached hydrogen (secondary N) is 1. The number of carbonyl (C=O) groups excluding carboxylic acids is 1. The lowest BCUT2D eigenvalue weighted by molar-refractivity contribution is -0.158. The molecule has 1 heterocycles. The Hall–Kier alpha value is -0.220. The molecule has 14 heavy (non-hydrogen) atoms. The van der Waals surface area contributed by atoms with Gasteiger partial charge in [-0.3, -0.25) is 4.79 Å². The number of piperidine rings is 1. The van der Waals surface area contributed by atoms with Gasteiger partial charge in [0, 0.05) is 12.5 Å². The molecule has 0 amide bonds. The lowest BCUT2D eigenvalue weighted by atomic mass is 9.85. The molecule has 1 aliphatic heterocycles. The summed E-state index contributed by atoms with van der Waals surface area (Å²) in [5, 5.41) is 3.32. The topological polar surface area (TPSA) is 38.3 Å². The molecule has 0 bridgehead atoms. The Morgan fingerprint density at radius 1 is 1.64 bits per heavy atom. The van der Waals surface area contributed by atoms with E-state index in [4.69, 9.17) is 4.74 Å². The monoisotopic (exact) mass is 217 g/mol. The molecule has 4 heteroatoms. The van der Waals surface area contributed by atoms with Gasteiger partial charge in [-0.25, -0.2) is 0 Å². The molecule has 1 atom stereocenters. The zero-order valence-electron chi connectivity index (χ0n) is 8.88. The molecule has 1 aliphatic rings. The number of ether oxygens (including phenoxy) is 1. The van der Waals surface area contributed by atoms with Crippen LogP contribution in [-0.2, 0) is 9.53 Å². The molecule has 82 valence electrons. The lowest BCUT2D eigenvalue weighted by Gasteiger charge is -2.36. The van der Waals surface area contributed by atoms with Crippen LogP contribution < -0.4 is 5.32 Å². The Morgan fingerprint density at radius 2 is 2.36 bits per heavy atom. The summed E-state index contributed by atoms with van der Waals surface area (Å²) in [5.74, 6) is 0.341. The van der Waals surface area contributed by atoms with Gasteiger partial charge in [0.15, 0.2) is 0 Å². The second kappa shape index (κ2) is 5.03. The summed E-state index contributed by atoms with van der Waals surface area (Å²) in [5.41, 5.74) is -0.368. The Kier molecular flexibility index (Phi) is 4.26. The average molecular weight is 217 g/mol. The minimum Gasteiger partial charge on any atom is -0.459 e. The summed E-state index contributed by atoms with van der Waals surface area (Å²) in [4.78, 5) is 11.2. The fourth-order valence-corrected chi connectivity index (χ4v) is 1.92. The lowest BCUT2D eigenvalue weighted by Crippen LogP contribution is -2.45. The van der Waals surface area contributed by atoms with Crippen LogP contribution in [0.3, 0.4) is 0 Å². The number of hydrogen-bond donors (Lipinski definition) is 2. The van der Waals surface area contributed by atoms with Crippen LogP contribution in [-0.4, -0.2) is 30.4 Å². The van der Waals surface area contributed by atoms with Crippen molar-refractivity contribution in [2.75, 3.05) is 18.8 Å². The highest BCUT2D eigenvalue weighted by Crippen LogP contribution is 2.27. The standard InChI is InChI=1S/C10H19NO2S/c1-10(2,13-9(12)7-14)8-4-3-5-11-6-8/h8,11,14H,3-7H2,1-2H3. The number of carbonyl (C=O) groups is 1. The van der Waals surface area contributed by atoms with Gasteiger partial charge in [-0.15, -0.1) is 0 Å². The van der Waals surface area contributed by atoms with E-state index < -0.39 is 0 Å². The van der Waals surface area contributed by atoms with E-state index >= 15 is 0 Å². The number of hydrogen-bond acceptors (Lipinski definition) is 4. The summed E-state index contributed by atoms with van der Waals surface area (Å²) < 4.78 is 5.37. The molecule has 1 unspecified atom stereocenters. The van der Waals surface area contributed by atoms with Crippen molar-refractivity contribution in [1.82, 2.24) is 5.32 Å². The maximum Gasteiger partial charge on any atom is 0.316 e. The first-order valence-corrected chi connectivity index (χ1v) is 5.73. The Balaban J connectivity index is 2.49. The highest BCUT2D eigenvalue weighted by atomic mass is 32.1. The van der Waals surface area contributed by atoms with E-state index in [-0.39, 0.29) is 17.3 Å². The Morgan fingerprint density at radius 3 is 2.86 bits per heavy atom. The maximum atomic E-state index is 11.2. The first-order valence-electron chi connectivity index (χ1n) is 5.09. The zero-order chi connectivity index (χ0) is 10.6. The van der Waals surface area contributed by atoms with Crippen LogP contribution >= 0.6 is 12.6 Å². The first kappa shape index (κ1) is 11.9. The molecule has 1 rings (SSSR count). The maximum absolute atomic E-state index is 11.2. The van der Waals surface area contributed by atoms with Crippen molar-refractivity contribution < 1.29 is 9.53 Å². The second-order valence-corrected chi connectivity index (χ2v) is 4.60. The summed E-state index contributed by atoms with van der Waals surface area (Å²) in [6.07, 6.45) is 2.28. The predicted octanol–water partition coefficient (Wildman–Crippen LogP) is 1.24. The Bertz CT molecular complexity index is 200. The van der Waals surface area contributed by atoms with Crippen molar-refractivity contribution in [3.05, 3.63) is 0 Å². The van der Waals surface area contributed by atoms with Gasteiger partial charge in [0.2, 0.25) is 0 Å². The van der Waals surface area contributed by atoms with Crippen LogP contribution in [0.2, 0.25) is 0 Å². The van der Waals surface area contributed by atoms with Gasteiger partial charge in [0.05, 0.1) is 5.75 Å². The third-order valence-corrected chi connectivity index (χ3v) is 3.04. The fourth-order valence-electron chi connectivity index (χ4n) is 1.85. The normalized spacial score (nSPS) is 23.2. The molecule has 0 aromatic rings. The number of esters is 1. The van der Waals surface area contributed by atoms with E-state index in [0.29, 0.717) is 5.92 Å². The van der Waals surface area contributed by atoms with Crippen molar-refractivity contribution in [2.24, 2.45) is 5.92 Å². The van der Waals surface area contributed by atoms with Crippen LogP contribution in [0.4, 0.5) is 0 Å². The van der Waals surface area contributed by atoms with Gasteiger partial charge in [0.1, 0.15) is 5.60 Å². The van der Waals surface area contributed by atoms with Crippen LogP contribution in [0.15, 0.2) is 0 Å². The smallest absolute Gasteiger partial charge is 0.316 e. The van der Waals surface area contributed by atoms with Gasteiger partial charge >= 0.3 is 5.97 Å². The van der Waals surface area contributed by atoms with Crippen molar-refractivity contribution in [3.63, 3.8) is 0 Å². The van der Waals surface area contributed by atoms with E-state index in [1.54, 1.807) is 0 Å². The van der Waals surface area contributed by atoms with Crippen molar-refractivity contribution in [3.8, 4) is 0 Å². The van der Waals surface area contributed by atoms with Crippen LogP contribution in [0.25, 0.3) is 0 Å². The van der Waals surface area contributed by atoms with Crippen molar-refractivity contribution >= 4 is 18.6 Å². The molecule has 1 fully saturated rings. The van der Waals surface area contributed by atoms with Crippen molar-refractivity contribution in [1.29, 1.82) is 0 Å². The molecular weight excluding hydrogens is 198 g/mol. The summed E-state index contributed by atoms with van der Waals surface area (Å²) in [7, 11) is 0. The molecular formula is C10H19NO2S. The van der Waals surface area contributed by atoms with E-state index in [0.717, 1.165) is 25.9 Å². The van der Waals surface area contributed by atoms with Gasteiger partial charge in [-0.2, -0.15) is 12.6 Å². The quantitative estimate of drug-likeness (QED) is 0.552. The molecule has 0 aliphatic carbocycles. The molecule has 0 saturated carbocycles. The number of rotatable bonds is 3. The third kappa shape index (κ3) is 3.17. The summed E-state index contributed by atoms with van der Waals surface area (Å²) in [6, 6.07) is 0. The third-order valence-electron chi connectivity index (χ3n) is 2.79. The van der Waals surface area contributed by atoms with Gasteiger partial charge in [-0.1, -0.05) is 0 Å². The van der Waals surface area contributed by atoms with E-state index in [1.807, 2.05) is 13.8 Å². The van der Waals surface area contributed by atoms with Crippen LogP contribution in [0.1, 0.15) is 26.7 Å². The molecule has 0 spiro atoms. The molecule has 3 nitrogen and oxygen atoms in total. The van der Waals surface area contributed by atoms with Gasteiger partial charge < -0.3 is 10.1 Å². The molecule has 1 N–H and O–H groups in total. The fraction of sp³-hybridized carbons (Fsp3) is 0.900. The second-order valence-electron chi connectivity index (χ2n) is 4.28. The van der Waals surface area contributed by atoms with Gasteiger partial charge in [0.25, 0.3) is 0 Å². The van der Waals surface area contributed by atoms with E-state index in [1.165, 1.54) is 0 Å². The molecule has 1 saturated heterocycles. The minimum absolute atomic E-state index is 0.156. The highest BCUT2D eigenvalue weighted by molar-refractivity contribution is 7.81. The summed E-state index contributed by atoms with van der Waals surface area (Å²) in [6.45, 7) is 5.97. The zero-order valence-corrected chi connectivity index (χ0v) is 9.77. The predicted molar refractivity (Wildman–Crippen MR) is 59.6 cm³/mol. The minimum atomic E-state index is -0.368. The average Bonchev–Trinajstić information content (AvgIpc) is 2.18. The SMILES string of the molecule is CC(C)(OC(=O)CS)C1CCCNC1.